The predicted octanol–water partition coefficient (Wildman–Crippen LogP) is 14.1. The van der Waals surface area contributed by atoms with E-state index in [4.69, 9.17) is 0 Å². The summed E-state index contributed by atoms with van der Waals surface area (Å²) in [4.78, 5) is 6.90. The van der Waals surface area contributed by atoms with E-state index in [1.165, 1.54) is 16.7 Å². The molecule has 0 fully saturated rings. The first-order chi connectivity index (χ1) is 25.7. The molecule has 0 aliphatic rings. The van der Waals surface area contributed by atoms with Crippen LogP contribution in [0.25, 0.3) is 11.1 Å². The third kappa shape index (κ3) is 6.94. The maximum atomic E-state index is 2.31. The fraction of sp³-hybridized carbons (Fsp3) is 0.0204. The van der Waals surface area contributed by atoms with Gasteiger partial charge in [-0.05, 0) is 127 Å². The molecule has 0 amide bonds. The van der Waals surface area contributed by atoms with E-state index in [2.05, 4.69) is 240 Å². The normalized spacial score (nSPS) is 10.8. The maximum Gasteiger partial charge on any atom is 0.0463 e. The fourth-order valence-electron chi connectivity index (χ4n) is 6.70. The first-order valence-corrected chi connectivity index (χ1v) is 17.7. The molecule has 250 valence electrons. The van der Waals surface area contributed by atoms with Gasteiger partial charge in [-0.3, -0.25) is 0 Å². The van der Waals surface area contributed by atoms with E-state index in [1.807, 2.05) is 0 Å². The van der Waals surface area contributed by atoms with Crippen molar-refractivity contribution in [2.45, 2.75) is 6.92 Å². The molecule has 0 aromatic heterocycles. The van der Waals surface area contributed by atoms with Gasteiger partial charge in [0.2, 0.25) is 0 Å². The Morgan fingerprint density at radius 1 is 0.212 bits per heavy atom. The Hall–Kier alpha value is -6.84. The number of hydrogen-bond donors (Lipinski definition) is 0. The molecule has 0 radical (unpaired) electrons. The van der Waals surface area contributed by atoms with Crippen LogP contribution >= 0.6 is 0 Å². The molecule has 0 saturated carbocycles. The fourth-order valence-corrected chi connectivity index (χ4v) is 6.70. The van der Waals surface area contributed by atoms with Crippen molar-refractivity contribution >= 4 is 51.2 Å². The Kier molecular flexibility index (Phi) is 9.31. The van der Waals surface area contributed by atoms with Crippen molar-refractivity contribution < 1.29 is 0 Å². The minimum atomic E-state index is 1.09. The van der Waals surface area contributed by atoms with Crippen molar-refractivity contribution in [3.05, 3.63) is 224 Å². The molecule has 8 rings (SSSR count). The molecule has 3 heteroatoms. The summed E-state index contributed by atoms with van der Waals surface area (Å²) in [7, 11) is 0. The van der Waals surface area contributed by atoms with Crippen molar-refractivity contribution in [3.8, 4) is 11.1 Å². The van der Waals surface area contributed by atoms with Gasteiger partial charge in [-0.2, -0.15) is 0 Å². The number of nitrogens with zero attached hydrogens (tertiary/aromatic N) is 3. The standard InChI is InChI=1S/C49H39N3/c1-38-22-28-45(29-23-38)51(43-18-10-4-11-19-43)48-34-36-49(37-35-48)52(44-20-12-5-13-21-44)47-32-26-40(27-33-47)39-24-30-46(31-25-39)50(41-14-6-2-7-15-41)42-16-8-3-9-17-42/h2-37H,1H3. The van der Waals surface area contributed by atoms with E-state index < -0.39 is 0 Å². The lowest BCUT2D eigenvalue weighted by atomic mass is 10.0. The molecular formula is C49H39N3. The molecule has 52 heavy (non-hydrogen) atoms. The predicted molar refractivity (Wildman–Crippen MR) is 221 cm³/mol. The quantitative estimate of drug-likeness (QED) is 0.143. The third-order valence-electron chi connectivity index (χ3n) is 9.30. The van der Waals surface area contributed by atoms with Crippen LogP contribution < -0.4 is 14.7 Å². The molecule has 0 heterocycles. The van der Waals surface area contributed by atoms with Crippen molar-refractivity contribution in [1.82, 2.24) is 0 Å². The van der Waals surface area contributed by atoms with Crippen LogP contribution in [0.3, 0.4) is 0 Å². The molecule has 8 aromatic carbocycles. The molecule has 0 saturated heterocycles. The smallest absolute Gasteiger partial charge is 0.0463 e. The highest BCUT2D eigenvalue weighted by atomic mass is 15.2. The second kappa shape index (κ2) is 15.0. The number of rotatable bonds is 10. The van der Waals surface area contributed by atoms with E-state index in [-0.39, 0.29) is 0 Å². The van der Waals surface area contributed by atoms with Gasteiger partial charge in [-0.1, -0.05) is 115 Å². The minimum absolute atomic E-state index is 1.09. The molecule has 0 spiro atoms. The molecule has 0 bridgehead atoms. The van der Waals surface area contributed by atoms with E-state index >= 15 is 0 Å². The third-order valence-corrected chi connectivity index (χ3v) is 9.30. The van der Waals surface area contributed by atoms with Crippen LogP contribution in [-0.4, -0.2) is 0 Å². The van der Waals surface area contributed by atoms with Gasteiger partial charge in [-0.25, -0.2) is 0 Å². The van der Waals surface area contributed by atoms with Crippen molar-refractivity contribution in [2.75, 3.05) is 14.7 Å². The molecule has 0 aliphatic carbocycles. The summed E-state index contributed by atoms with van der Waals surface area (Å²) in [6.07, 6.45) is 0. The number of anilines is 9. The highest BCUT2D eigenvalue weighted by molar-refractivity contribution is 5.83. The van der Waals surface area contributed by atoms with Crippen LogP contribution in [0.1, 0.15) is 5.56 Å². The number of aryl methyl sites for hydroxylation is 1. The average molecular weight is 670 g/mol. The van der Waals surface area contributed by atoms with Crippen LogP contribution in [0, 0.1) is 6.92 Å². The molecule has 0 atom stereocenters. The van der Waals surface area contributed by atoms with E-state index in [0.29, 0.717) is 0 Å². The molecule has 8 aromatic rings. The Labute approximate surface area is 306 Å². The first kappa shape index (κ1) is 32.4. The van der Waals surface area contributed by atoms with Crippen LogP contribution in [-0.2, 0) is 0 Å². The van der Waals surface area contributed by atoms with Crippen LogP contribution in [0.5, 0.6) is 0 Å². The number of hydrogen-bond acceptors (Lipinski definition) is 3. The van der Waals surface area contributed by atoms with Gasteiger partial charge in [0.1, 0.15) is 0 Å². The first-order valence-electron chi connectivity index (χ1n) is 17.7. The highest BCUT2D eigenvalue weighted by Crippen LogP contribution is 2.40. The Morgan fingerprint density at radius 2 is 0.404 bits per heavy atom. The van der Waals surface area contributed by atoms with Gasteiger partial charge < -0.3 is 14.7 Å². The summed E-state index contributed by atoms with van der Waals surface area (Å²) in [6, 6.07) is 77.4. The van der Waals surface area contributed by atoms with Gasteiger partial charge in [0.15, 0.2) is 0 Å². The lowest BCUT2D eigenvalue weighted by Gasteiger charge is -2.28. The van der Waals surface area contributed by atoms with Crippen LogP contribution in [0.15, 0.2) is 218 Å². The number of benzene rings is 8. The Balaban J connectivity index is 1.10. The largest absolute Gasteiger partial charge is 0.311 e. The summed E-state index contributed by atoms with van der Waals surface area (Å²) in [5.41, 5.74) is 13.6. The van der Waals surface area contributed by atoms with Crippen molar-refractivity contribution in [2.24, 2.45) is 0 Å². The summed E-state index contributed by atoms with van der Waals surface area (Å²) in [6.45, 7) is 2.12. The molecule has 0 aliphatic heterocycles. The van der Waals surface area contributed by atoms with E-state index in [1.54, 1.807) is 0 Å². The Bertz CT molecular complexity index is 2270. The summed E-state index contributed by atoms with van der Waals surface area (Å²) >= 11 is 0. The molecule has 0 unspecified atom stereocenters. The lowest BCUT2D eigenvalue weighted by Crippen LogP contribution is -2.12. The molecular weight excluding hydrogens is 631 g/mol. The van der Waals surface area contributed by atoms with Crippen molar-refractivity contribution in [1.29, 1.82) is 0 Å². The zero-order valence-electron chi connectivity index (χ0n) is 29.1. The second-order valence-electron chi connectivity index (χ2n) is 12.8. The molecule has 3 nitrogen and oxygen atoms in total. The summed E-state index contributed by atoms with van der Waals surface area (Å²) in [5.74, 6) is 0. The lowest BCUT2D eigenvalue weighted by molar-refractivity contribution is 1.25. The van der Waals surface area contributed by atoms with Gasteiger partial charge in [0, 0.05) is 51.2 Å². The summed E-state index contributed by atoms with van der Waals surface area (Å²) < 4.78 is 0. The van der Waals surface area contributed by atoms with Gasteiger partial charge in [0.05, 0.1) is 0 Å². The highest BCUT2D eigenvalue weighted by Gasteiger charge is 2.17. The zero-order valence-corrected chi connectivity index (χ0v) is 29.1. The molecule has 0 N–H and O–H groups in total. The van der Waals surface area contributed by atoms with Crippen molar-refractivity contribution in [3.63, 3.8) is 0 Å². The van der Waals surface area contributed by atoms with Crippen LogP contribution in [0.4, 0.5) is 51.2 Å². The van der Waals surface area contributed by atoms with E-state index in [0.717, 1.165) is 51.2 Å². The minimum Gasteiger partial charge on any atom is -0.311 e. The summed E-state index contributed by atoms with van der Waals surface area (Å²) in [5, 5.41) is 0. The number of para-hydroxylation sites is 4. The Morgan fingerprint density at radius 3 is 0.654 bits per heavy atom. The zero-order chi connectivity index (χ0) is 35.1. The van der Waals surface area contributed by atoms with Gasteiger partial charge in [-0.15, -0.1) is 0 Å². The SMILES string of the molecule is Cc1ccc(N(c2ccccc2)c2ccc(N(c3ccccc3)c3ccc(-c4ccc(N(c5ccccc5)c5ccccc5)cc4)cc3)cc2)cc1. The van der Waals surface area contributed by atoms with Gasteiger partial charge in [0.25, 0.3) is 0 Å². The monoisotopic (exact) mass is 669 g/mol. The second-order valence-corrected chi connectivity index (χ2v) is 12.8. The maximum absolute atomic E-state index is 2.31. The van der Waals surface area contributed by atoms with Gasteiger partial charge >= 0.3 is 0 Å². The van der Waals surface area contributed by atoms with E-state index in [9.17, 15) is 0 Å². The average Bonchev–Trinajstić information content (AvgIpc) is 3.22. The van der Waals surface area contributed by atoms with Crippen LogP contribution in [0.2, 0.25) is 0 Å². The topological polar surface area (TPSA) is 9.72 Å².